The highest BCUT2D eigenvalue weighted by atomic mass is 16.4. The zero-order valence-corrected chi connectivity index (χ0v) is 10.8. The Labute approximate surface area is 111 Å². The smallest absolute Gasteiger partial charge is 0.317 e. The van der Waals surface area contributed by atoms with Crippen molar-refractivity contribution >= 4 is 17.9 Å². The maximum Gasteiger partial charge on any atom is 0.317 e. The molecule has 2 fully saturated rings. The fraction of sp³-hybridized carbons (Fsp3) is 0.750. The van der Waals surface area contributed by atoms with E-state index in [1.54, 1.807) is 4.90 Å². The Morgan fingerprint density at radius 1 is 1.11 bits per heavy atom. The molecule has 7 nitrogen and oxygen atoms in total. The van der Waals surface area contributed by atoms with Crippen molar-refractivity contribution in [2.75, 3.05) is 32.7 Å². The van der Waals surface area contributed by atoms with Crippen LogP contribution in [0, 0.1) is 5.92 Å². The second kappa shape index (κ2) is 5.90. The molecule has 0 aromatic carbocycles. The van der Waals surface area contributed by atoms with Gasteiger partial charge in [0.25, 0.3) is 0 Å². The summed E-state index contributed by atoms with van der Waals surface area (Å²) in [5.41, 5.74) is 0. The molecule has 0 aromatic rings. The van der Waals surface area contributed by atoms with Gasteiger partial charge in [-0.05, 0) is 12.8 Å². The number of carbonyl (C=O) groups excluding carboxylic acids is 2. The van der Waals surface area contributed by atoms with Crippen LogP contribution in [0.5, 0.6) is 0 Å². The van der Waals surface area contributed by atoms with E-state index in [4.69, 9.17) is 5.11 Å². The van der Waals surface area contributed by atoms with Crippen molar-refractivity contribution in [1.29, 1.82) is 0 Å². The molecule has 0 bridgehead atoms. The summed E-state index contributed by atoms with van der Waals surface area (Å²) in [6, 6.07) is -0.283. The maximum atomic E-state index is 11.7. The Hall–Kier alpha value is -1.79. The van der Waals surface area contributed by atoms with Crippen LogP contribution in [0.2, 0.25) is 0 Å². The Morgan fingerprint density at radius 2 is 1.74 bits per heavy atom. The molecule has 0 radical (unpaired) electrons. The molecule has 0 atom stereocenters. The SMILES string of the molecule is O=C(O)CC1CN(C(=O)NCC(=O)N2CCCC2)C1. The van der Waals surface area contributed by atoms with Crippen molar-refractivity contribution in [3.8, 4) is 0 Å². The Kier molecular flexibility index (Phi) is 4.24. The van der Waals surface area contributed by atoms with Crippen molar-refractivity contribution in [3.05, 3.63) is 0 Å². The zero-order chi connectivity index (χ0) is 13.8. The number of hydrogen-bond donors (Lipinski definition) is 2. The molecule has 3 amide bonds. The lowest BCUT2D eigenvalue weighted by molar-refractivity contribution is -0.139. The number of carboxylic acid groups (broad SMARTS) is 1. The van der Waals surface area contributed by atoms with E-state index in [2.05, 4.69) is 5.32 Å². The van der Waals surface area contributed by atoms with E-state index in [9.17, 15) is 14.4 Å². The third-order valence-corrected chi connectivity index (χ3v) is 3.56. The number of amides is 3. The predicted octanol–water partition coefficient (Wildman–Crippen LogP) is -0.275. The average Bonchev–Trinajstić information content (AvgIpc) is 2.83. The molecular formula is C12H19N3O4. The van der Waals surface area contributed by atoms with Crippen LogP contribution in [0.15, 0.2) is 0 Å². The van der Waals surface area contributed by atoms with Crippen LogP contribution in [0.25, 0.3) is 0 Å². The van der Waals surface area contributed by atoms with Gasteiger partial charge in [-0.3, -0.25) is 9.59 Å². The number of likely N-dealkylation sites (tertiary alicyclic amines) is 2. The summed E-state index contributed by atoms with van der Waals surface area (Å²) < 4.78 is 0. The summed E-state index contributed by atoms with van der Waals surface area (Å²) in [4.78, 5) is 37.1. The van der Waals surface area contributed by atoms with Crippen molar-refractivity contribution in [2.45, 2.75) is 19.3 Å². The Balaban J connectivity index is 1.63. The van der Waals surface area contributed by atoms with Gasteiger partial charge in [0.15, 0.2) is 0 Å². The average molecular weight is 269 g/mol. The number of carbonyl (C=O) groups is 3. The first-order valence-electron chi connectivity index (χ1n) is 6.58. The molecule has 19 heavy (non-hydrogen) atoms. The molecule has 2 aliphatic heterocycles. The van der Waals surface area contributed by atoms with Gasteiger partial charge in [-0.25, -0.2) is 4.79 Å². The van der Waals surface area contributed by atoms with Crippen LogP contribution in [0.1, 0.15) is 19.3 Å². The van der Waals surface area contributed by atoms with Gasteiger partial charge in [-0.15, -0.1) is 0 Å². The lowest BCUT2D eigenvalue weighted by atomic mass is 9.97. The molecule has 0 aromatic heterocycles. The van der Waals surface area contributed by atoms with Gasteiger partial charge in [0.05, 0.1) is 13.0 Å². The van der Waals surface area contributed by atoms with Crippen LogP contribution in [-0.4, -0.2) is 65.5 Å². The quantitative estimate of drug-likeness (QED) is 0.735. The molecule has 106 valence electrons. The zero-order valence-electron chi connectivity index (χ0n) is 10.8. The highest BCUT2D eigenvalue weighted by molar-refractivity contribution is 5.84. The summed E-state index contributed by atoms with van der Waals surface area (Å²) >= 11 is 0. The molecule has 2 aliphatic rings. The lowest BCUT2D eigenvalue weighted by Crippen LogP contribution is -2.55. The van der Waals surface area contributed by atoms with E-state index in [0.29, 0.717) is 13.1 Å². The number of rotatable bonds is 4. The van der Waals surface area contributed by atoms with Crippen molar-refractivity contribution in [3.63, 3.8) is 0 Å². The summed E-state index contributed by atoms with van der Waals surface area (Å²) in [7, 11) is 0. The number of nitrogens with zero attached hydrogens (tertiary/aromatic N) is 2. The lowest BCUT2D eigenvalue weighted by Gasteiger charge is -2.38. The number of nitrogens with one attached hydrogen (secondary N) is 1. The van der Waals surface area contributed by atoms with Crippen LogP contribution in [-0.2, 0) is 9.59 Å². The molecule has 0 aliphatic carbocycles. The third-order valence-electron chi connectivity index (χ3n) is 3.56. The standard InChI is InChI=1S/C12H19N3O4/c16-10(14-3-1-2-4-14)6-13-12(19)15-7-9(8-15)5-11(17)18/h9H,1-8H2,(H,13,19)(H,17,18). The molecule has 2 rings (SSSR count). The van der Waals surface area contributed by atoms with Gasteiger partial charge in [0, 0.05) is 32.1 Å². The molecule has 0 saturated carbocycles. The molecular weight excluding hydrogens is 250 g/mol. The van der Waals surface area contributed by atoms with Gasteiger partial charge >= 0.3 is 12.0 Å². The molecule has 2 N–H and O–H groups in total. The summed E-state index contributed by atoms with van der Waals surface area (Å²) in [5, 5.41) is 11.2. The van der Waals surface area contributed by atoms with Crippen molar-refractivity contribution in [2.24, 2.45) is 5.92 Å². The Morgan fingerprint density at radius 3 is 2.32 bits per heavy atom. The second-order valence-corrected chi connectivity index (χ2v) is 5.12. The Bertz CT molecular complexity index is 373. The van der Waals surface area contributed by atoms with E-state index in [1.807, 2.05) is 0 Å². The van der Waals surface area contributed by atoms with Gasteiger partial charge in [0.1, 0.15) is 0 Å². The van der Waals surface area contributed by atoms with Crippen molar-refractivity contribution in [1.82, 2.24) is 15.1 Å². The number of carboxylic acids is 1. The topological polar surface area (TPSA) is 90.0 Å². The fourth-order valence-electron chi connectivity index (χ4n) is 2.45. The minimum Gasteiger partial charge on any atom is -0.481 e. The highest BCUT2D eigenvalue weighted by Gasteiger charge is 2.32. The molecule has 7 heteroatoms. The van der Waals surface area contributed by atoms with Gasteiger partial charge in [-0.2, -0.15) is 0 Å². The predicted molar refractivity (Wildman–Crippen MR) is 66.5 cm³/mol. The van der Waals surface area contributed by atoms with Crippen LogP contribution in [0.3, 0.4) is 0 Å². The molecule has 2 saturated heterocycles. The van der Waals surface area contributed by atoms with E-state index in [1.165, 1.54) is 4.90 Å². The van der Waals surface area contributed by atoms with Crippen LogP contribution in [0.4, 0.5) is 4.79 Å². The number of urea groups is 1. The summed E-state index contributed by atoms with van der Waals surface area (Å²) in [5.74, 6) is -0.847. The summed E-state index contributed by atoms with van der Waals surface area (Å²) in [6.45, 7) is 2.49. The second-order valence-electron chi connectivity index (χ2n) is 5.12. The molecule has 2 heterocycles. The van der Waals surface area contributed by atoms with E-state index in [-0.39, 0.29) is 30.8 Å². The van der Waals surface area contributed by atoms with E-state index >= 15 is 0 Å². The monoisotopic (exact) mass is 269 g/mol. The van der Waals surface area contributed by atoms with Crippen molar-refractivity contribution < 1.29 is 19.5 Å². The minimum absolute atomic E-state index is 0.0267. The first-order valence-corrected chi connectivity index (χ1v) is 6.58. The number of aliphatic carboxylic acids is 1. The van der Waals surface area contributed by atoms with Gasteiger partial charge in [0.2, 0.25) is 5.91 Å². The van der Waals surface area contributed by atoms with Gasteiger partial charge < -0.3 is 20.2 Å². The largest absolute Gasteiger partial charge is 0.481 e. The van der Waals surface area contributed by atoms with E-state index < -0.39 is 5.97 Å². The fourth-order valence-corrected chi connectivity index (χ4v) is 2.45. The maximum absolute atomic E-state index is 11.7. The van der Waals surface area contributed by atoms with Gasteiger partial charge in [-0.1, -0.05) is 0 Å². The summed E-state index contributed by atoms with van der Waals surface area (Å²) in [6.07, 6.45) is 2.15. The third kappa shape index (κ3) is 3.59. The first-order chi connectivity index (χ1) is 9.06. The van der Waals surface area contributed by atoms with Crippen LogP contribution >= 0.6 is 0 Å². The molecule has 0 unspecified atom stereocenters. The minimum atomic E-state index is -0.839. The first kappa shape index (κ1) is 13.6. The van der Waals surface area contributed by atoms with Crippen LogP contribution < -0.4 is 5.32 Å². The highest BCUT2D eigenvalue weighted by Crippen LogP contribution is 2.18. The normalized spacial score (nSPS) is 19.2. The molecule has 0 spiro atoms. The number of hydrogen-bond acceptors (Lipinski definition) is 3. The van der Waals surface area contributed by atoms with E-state index in [0.717, 1.165) is 25.9 Å².